The van der Waals surface area contributed by atoms with Crippen molar-refractivity contribution in [3.8, 4) is 22.8 Å². The molecule has 0 radical (unpaired) electrons. The van der Waals surface area contributed by atoms with Crippen LogP contribution in [-0.2, 0) is 17.8 Å². The fraction of sp³-hybridized carbons (Fsp3) is 0.160. The van der Waals surface area contributed by atoms with E-state index in [0.29, 0.717) is 28.7 Å². The molecule has 4 rings (SSSR count). The SMILES string of the molecule is COc1cc(-c2[nH]c3c(C)c(Cl)ccc3c2CC(=O)O)ccc1OCc1ccccc1. The first kappa shape index (κ1) is 20.8. The third kappa shape index (κ3) is 4.23. The Hall–Kier alpha value is -3.44. The maximum Gasteiger partial charge on any atom is 0.307 e. The Morgan fingerprint density at radius 3 is 2.55 bits per heavy atom. The lowest BCUT2D eigenvalue weighted by atomic mass is 10.0. The smallest absolute Gasteiger partial charge is 0.307 e. The van der Waals surface area contributed by atoms with Crippen LogP contribution in [0.5, 0.6) is 11.5 Å². The molecule has 1 heterocycles. The monoisotopic (exact) mass is 435 g/mol. The van der Waals surface area contributed by atoms with E-state index < -0.39 is 5.97 Å². The first-order chi connectivity index (χ1) is 15.0. The molecule has 0 aliphatic heterocycles. The van der Waals surface area contributed by atoms with E-state index in [4.69, 9.17) is 21.1 Å². The van der Waals surface area contributed by atoms with Gasteiger partial charge in [-0.05, 0) is 47.9 Å². The van der Waals surface area contributed by atoms with Crippen molar-refractivity contribution in [3.05, 3.63) is 82.4 Å². The third-order valence-electron chi connectivity index (χ3n) is 5.29. The second-order valence-electron chi connectivity index (χ2n) is 7.28. The highest BCUT2D eigenvalue weighted by Gasteiger charge is 2.19. The molecule has 1 aromatic heterocycles. The molecule has 2 N–H and O–H groups in total. The summed E-state index contributed by atoms with van der Waals surface area (Å²) in [7, 11) is 1.59. The van der Waals surface area contributed by atoms with Gasteiger partial charge in [0.2, 0.25) is 0 Å². The van der Waals surface area contributed by atoms with E-state index in [-0.39, 0.29) is 6.42 Å². The lowest BCUT2D eigenvalue weighted by Crippen LogP contribution is -2.01. The van der Waals surface area contributed by atoms with E-state index in [9.17, 15) is 9.90 Å². The molecule has 6 heteroatoms. The summed E-state index contributed by atoms with van der Waals surface area (Å²) in [5.41, 5.74) is 5.03. The highest BCUT2D eigenvalue weighted by molar-refractivity contribution is 6.32. The number of carboxylic acid groups (broad SMARTS) is 1. The average molecular weight is 436 g/mol. The number of aliphatic carboxylic acids is 1. The van der Waals surface area contributed by atoms with E-state index in [2.05, 4.69) is 4.98 Å². The van der Waals surface area contributed by atoms with E-state index in [1.54, 1.807) is 13.2 Å². The predicted octanol–water partition coefficient (Wildman–Crippen LogP) is 6.01. The van der Waals surface area contributed by atoms with Gasteiger partial charge in [0.1, 0.15) is 6.61 Å². The van der Waals surface area contributed by atoms with Crippen LogP contribution >= 0.6 is 11.6 Å². The summed E-state index contributed by atoms with van der Waals surface area (Å²) >= 11 is 6.28. The molecule has 0 saturated heterocycles. The van der Waals surface area contributed by atoms with Crippen LogP contribution in [0.1, 0.15) is 16.7 Å². The fourth-order valence-corrected chi connectivity index (χ4v) is 3.85. The van der Waals surface area contributed by atoms with Crippen LogP contribution in [0, 0.1) is 6.92 Å². The molecule has 0 atom stereocenters. The largest absolute Gasteiger partial charge is 0.493 e. The van der Waals surface area contributed by atoms with E-state index in [1.807, 2.05) is 61.5 Å². The Morgan fingerprint density at radius 1 is 1.06 bits per heavy atom. The Kier molecular flexibility index (Phi) is 5.87. The number of aryl methyl sites for hydroxylation is 1. The Balaban J connectivity index is 1.75. The van der Waals surface area contributed by atoms with Gasteiger partial charge in [-0.3, -0.25) is 4.79 Å². The van der Waals surface area contributed by atoms with Crippen molar-refractivity contribution in [2.75, 3.05) is 7.11 Å². The maximum atomic E-state index is 11.6. The standard InChI is InChI=1S/C25H22ClNO4/c1-15-20(26)10-9-18-19(13-23(28)29)25(27-24(15)18)17-8-11-21(22(12-17)30-2)31-14-16-6-4-3-5-7-16/h3-12,27H,13-14H2,1-2H3,(H,28,29). The fourth-order valence-electron chi connectivity index (χ4n) is 3.69. The highest BCUT2D eigenvalue weighted by Crippen LogP contribution is 2.38. The molecule has 0 fully saturated rings. The van der Waals surface area contributed by atoms with Crippen LogP contribution in [-0.4, -0.2) is 23.2 Å². The molecule has 0 amide bonds. The van der Waals surface area contributed by atoms with Gasteiger partial charge in [-0.1, -0.05) is 48.0 Å². The van der Waals surface area contributed by atoms with Crippen LogP contribution in [0.2, 0.25) is 5.02 Å². The number of aromatic nitrogens is 1. The summed E-state index contributed by atoms with van der Waals surface area (Å²) in [6, 6.07) is 19.1. The molecule has 0 spiro atoms. The zero-order valence-corrected chi connectivity index (χ0v) is 18.0. The van der Waals surface area contributed by atoms with Gasteiger partial charge in [-0.2, -0.15) is 0 Å². The van der Waals surface area contributed by atoms with E-state index in [1.165, 1.54) is 0 Å². The summed E-state index contributed by atoms with van der Waals surface area (Å²) in [5.74, 6) is 0.290. The van der Waals surface area contributed by atoms with E-state index in [0.717, 1.165) is 33.3 Å². The first-order valence-electron chi connectivity index (χ1n) is 9.84. The molecule has 0 bridgehead atoms. The maximum absolute atomic E-state index is 11.6. The third-order valence-corrected chi connectivity index (χ3v) is 5.70. The van der Waals surface area contributed by atoms with Crippen molar-refractivity contribution < 1.29 is 19.4 Å². The highest BCUT2D eigenvalue weighted by atomic mass is 35.5. The summed E-state index contributed by atoms with van der Waals surface area (Å²) in [5, 5.41) is 11.0. The van der Waals surface area contributed by atoms with Crippen molar-refractivity contribution in [1.29, 1.82) is 0 Å². The normalized spacial score (nSPS) is 10.9. The summed E-state index contributed by atoms with van der Waals surface area (Å²) in [6.45, 7) is 2.33. The second-order valence-corrected chi connectivity index (χ2v) is 7.69. The van der Waals surface area contributed by atoms with Crippen LogP contribution in [0.15, 0.2) is 60.7 Å². The number of carbonyl (C=O) groups is 1. The number of carboxylic acids is 1. The number of benzene rings is 3. The quantitative estimate of drug-likeness (QED) is 0.373. The van der Waals surface area contributed by atoms with Gasteiger partial charge in [0.15, 0.2) is 11.5 Å². The molecule has 0 aliphatic rings. The molecular weight excluding hydrogens is 414 g/mol. The molecule has 5 nitrogen and oxygen atoms in total. The van der Waals surface area contributed by atoms with Crippen molar-refractivity contribution in [2.24, 2.45) is 0 Å². The number of fused-ring (bicyclic) bond motifs is 1. The molecule has 4 aromatic rings. The molecule has 0 aliphatic carbocycles. The number of hydrogen-bond acceptors (Lipinski definition) is 3. The second kappa shape index (κ2) is 8.74. The number of H-pyrrole nitrogens is 1. The molecule has 158 valence electrons. The minimum absolute atomic E-state index is 0.106. The minimum Gasteiger partial charge on any atom is -0.493 e. The van der Waals surface area contributed by atoms with Crippen LogP contribution in [0.25, 0.3) is 22.2 Å². The van der Waals surface area contributed by atoms with Crippen molar-refractivity contribution >= 4 is 28.5 Å². The topological polar surface area (TPSA) is 71.6 Å². The van der Waals surface area contributed by atoms with Gasteiger partial charge in [-0.25, -0.2) is 0 Å². The predicted molar refractivity (Wildman–Crippen MR) is 122 cm³/mol. The van der Waals surface area contributed by atoms with Crippen molar-refractivity contribution in [2.45, 2.75) is 20.0 Å². The van der Waals surface area contributed by atoms with Gasteiger partial charge >= 0.3 is 5.97 Å². The Labute approximate surface area is 185 Å². The van der Waals surface area contributed by atoms with Gasteiger partial charge in [-0.15, -0.1) is 0 Å². The Bertz CT molecular complexity index is 1250. The van der Waals surface area contributed by atoms with Gasteiger partial charge in [0.05, 0.1) is 24.7 Å². The van der Waals surface area contributed by atoms with Gasteiger partial charge in [0, 0.05) is 16.0 Å². The Morgan fingerprint density at radius 2 is 1.84 bits per heavy atom. The lowest BCUT2D eigenvalue weighted by Gasteiger charge is -2.13. The van der Waals surface area contributed by atoms with Crippen LogP contribution in [0.4, 0.5) is 0 Å². The number of hydrogen-bond donors (Lipinski definition) is 2. The lowest BCUT2D eigenvalue weighted by molar-refractivity contribution is -0.136. The molecule has 0 unspecified atom stereocenters. The number of methoxy groups -OCH3 is 1. The van der Waals surface area contributed by atoms with Crippen LogP contribution in [0.3, 0.4) is 0 Å². The zero-order chi connectivity index (χ0) is 22.0. The van der Waals surface area contributed by atoms with Gasteiger partial charge < -0.3 is 19.6 Å². The van der Waals surface area contributed by atoms with Gasteiger partial charge in [0.25, 0.3) is 0 Å². The summed E-state index contributed by atoms with van der Waals surface area (Å²) in [6.07, 6.45) is -0.106. The molecular formula is C25H22ClNO4. The van der Waals surface area contributed by atoms with Crippen LogP contribution < -0.4 is 9.47 Å². The molecule has 3 aromatic carbocycles. The number of halogens is 1. The average Bonchev–Trinajstić information content (AvgIpc) is 3.13. The van der Waals surface area contributed by atoms with Crippen molar-refractivity contribution in [3.63, 3.8) is 0 Å². The molecule has 0 saturated carbocycles. The summed E-state index contributed by atoms with van der Waals surface area (Å²) < 4.78 is 11.5. The van der Waals surface area contributed by atoms with E-state index >= 15 is 0 Å². The zero-order valence-electron chi connectivity index (χ0n) is 17.2. The number of nitrogens with one attached hydrogen (secondary N) is 1. The minimum atomic E-state index is -0.899. The first-order valence-corrected chi connectivity index (χ1v) is 10.2. The summed E-state index contributed by atoms with van der Waals surface area (Å²) in [4.78, 5) is 14.9. The number of ether oxygens (including phenoxy) is 2. The molecule has 31 heavy (non-hydrogen) atoms. The number of rotatable bonds is 7. The van der Waals surface area contributed by atoms with Crippen molar-refractivity contribution in [1.82, 2.24) is 4.98 Å². The number of aromatic amines is 1.